The van der Waals surface area contributed by atoms with Gasteiger partial charge < -0.3 is 19.5 Å². The van der Waals surface area contributed by atoms with E-state index in [0.29, 0.717) is 17.4 Å². The molecule has 3 aromatic carbocycles. The van der Waals surface area contributed by atoms with Crippen LogP contribution in [-0.4, -0.2) is 34.0 Å². The molecular weight excluding hydrogens is 490 g/mol. The minimum Gasteiger partial charge on any atom is -0.487 e. The molecule has 0 bridgehead atoms. The number of carboxylic acids is 1. The maximum atomic E-state index is 14.0. The van der Waals surface area contributed by atoms with Crippen molar-refractivity contribution in [3.05, 3.63) is 100 Å². The highest BCUT2D eigenvalue weighted by molar-refractivity contribution is 6.32. The number of aliphatic carboxylic acids is 1. The summed E-state index contributed by atoms with van der Waals surface area (Å²) in [5.74, 6) is -0.929. The van der Waals surface area contributed by atoms with Crippen LogP contribution < -0.4 is 4.74 Å². The molecule has 1 heterocycles. The van der Waals surface area contributed by atoms with Crippen molar-refractivity contribution < 1.29 is 24.2 Å². The number of nitrogens with zero attached hydrogens (tertiary/aromatic N) is 1. The van der Waals surface area contributed by atoms with Crippen molar-refractivity contribution >= 4 is 23.5 Å². The predicted molar refractivity (Wildman–Crippen MR) is 140 cm³/mol. The molecule has 3 aromatic rings. The zero-order valence-corrected chi connectivity index (χ0v) is 21.3. The largest absolute Gasteiger partial charge is 0.487 e. The molecule has 7 heteroatoms. The highest BCUT2D eigenvalue weighted by atomic mass is 35.5. The summed E-state index contributed by atoms with van der Waals surface area (Å²) in [6, 6.07) is 21.6. The van der Waals surface area contributed by atoms with Gasteiger partial charge in [-0.3, -0.25) is 4.79 Å². The fraction of sp³-hybridized carbons (Fsp3) is 0.333. The molecule has 1 aliphatic carbocycles. The molecule has 2 aliphatic rings. The maximum Gasteiger partial charge on any atom is 0.326 e. The molecule has 1 amide bonds. The van der Waals surface area contributed by atoms with Crippen LogP contribution in [0.15, 0.2) is 72.8 Å². The van der Waals surface area contributed by atoms with E-state index < -0.39 is 18.1 Å². The molecule has 1 aliphatic heterocycles. The molecule has 5 rings (SSSR count). The predicted octanol–water partition coefficient (Wildman–Crippen LogP) is 5.96. The fourth-order valence-corrected chi connectivity index (χ4v) is 5.45. The number of carbonyl (C=O) groups excluding carboxylic acids is 1. The quantitative estimate of drug-likeness (QED) is 0.397. The van der Waals surface area contributed by atoms with Gasteiger partial charge in [-0.25, -0.2) is 4.79 Å². The Morgan fingerprint density at radius 2 is 1.65 bits per heavy atom. The SMILES string of the molecule is O=C(O)[C@@H]1Cc2c(ccc(Cl)c2OCc2ccccc2)CN1C(=O)[C@@H](OC1CCCC1)c1ccccc1. The van der Waals surface area contributed by atoms with E-state index in [9.17, 15) is 14.7 Å². The smallest absolute Gasteiger partial charge is 0.326 e. The highest BCUT2D eigenvalue weighted by Gasteiger charge is 2.40. The Morgan fingerprint density at radius 3 is 2.32 bits per heavy atom. The average Bonchev–Trinajstić information content (AvgIpc) is 3.44. The Labute approximate surface area is 221 Å². The summed E-state index contributed by atoms with van der Waals surface area (Å²) in [7, 11) is 0. The van der Waals surface area contributed by atoms with Crippen LogP contribution in [0.25, 0.3) is 0 Å². The highest BCUT2D eigenvalue weighted by Crippen LogP contribution is 2.39. The summed E-state index contributed by atoms with van der Waals surface area (Å²) in [6.45, 7) is 0.448. The van der Waals surface area contributed by atoms with Crippen LogP contribution >= 0.6 is 11.6 Å². The summed E-state index contributed by atoms with van der Waals surface area (Å²) >= 11 is 6.51. The fourth-order valence-electron chi connectivity index (χ4n) is 5.22. The number of ether oxygens (including phenoxy) is 2. The lowest BCUT2D eigenvalue weighted by atomic mass is 9.92. The lowest BCUT2D eigenvalue weighted by Crippen LogP contribution is -2.50. The molecule has 0 radical (unpaired) electrons. The lowest BCUT2D eigenvalue weighted by molar-refractivity contribution is -0.160. The van der Waals surface area contributed by atoms with E-state index in [1.54, 1.807) is 6.07 Å². The normalized spacial score (nSPS) is 18.3. The van der Waals surface area contributed by atoms with Crippen LogP contribution in [0.1, 0.15) is 54.0 Å². The summed E-state index contributed by atoms with van der Waals surface area (Å²) in [5.41, 5.74) is 3.27. The van der Waals surface area contributed by atoms with Crippen molar-refractivity contribution in [1.29, 1.82) is 0 Å². The first-order valence-electron chi connectivity index (χ1n) is 12.7. The van der Waals surface area contributed by atoms with Crippen LogP contribution in [0.3, 0.4) is 0 Å². The van der Waals surface area contributed by atoms with E-state index in [-0.39, 0.29) is 25.0 Å². The molecule has 192 valence electrons. The number of rotatable bonds is 8. The van der Waals surface area contributed by atoms with Crippen LogP contribution in [0.2, 0.25) is 5.02 Å². The van der Waals surface area contributed by atoms with Gasteiger partial charge in [0.1, 0.15) is 18.4 Å². The van der Waals surface area contributed by atoms with Gasteiger partial charge in [0.05, 0.1) is 11.1 Å². The zero-order chi connectivity index (χ0) is 25.8. The van der Waals surface area contributed by atoms with Gasteiger partial charge in [-0.15, -0.1) is 0 Å². The summed E-state index contributed by atoms with van der Waals surface area (Å²) in [4.78, 5) is 27.8. The molecule has 1 fully saturated rings. The molecule has 37 heavy (non-hydrogen) atoms. The maximum absolute atomic E-state index is 14.0. The van der Waals surface area contributed by atoms with E-state index in [1.165, 1.54) is 4.90 Å². The van der Waals surface area contributed by atoms with Gasteiger partial charge in [-0.05, 0) is 35.6 Å². The number of halogens is 1. The Bertz CT molecular complexity index is 1240. The molecule has 0 unspecified atom stereocenters. The number of hydrogen-bond acceptors (Lipinski definition) is 4. The van der Waals surface area contributed by atoms with Gasteiger partial charge in [-0.2, -0.15) is 0 Å². The first-order valence-corrected chi connectivity index (χ1v) is 13.1. The van der Waals surface area contributed by atoms with Gasteiger partial charge in [-0.1, -0.05) is 91.2 Å². The topological polar surface area (TPSA) is 76.1 Å². The second-order valence-corrected chi connectivity index (χ2v) is 10.1. The number of fused-ring (bicyclic) bond motifs is 1. The molecule has 1 N–H and O–H groups in total. The average molecular weight is 520 g/mol. The third-order valence-corrected chi connectivity index (χ3v) is 7.47. The van der Waals surface area contributed by atoms with Crippen LogP contribution in [0, 0.1) is 0 Å². The zero-order valence-electron chi connectivity index (χ0n) is 20.5. The first kappa shape index (κ1) is 25.3. The third kappa shape index (κ3) is 5.65. The molecule has 0 aromatic heterocycles. The van der Waals surface area contributed by atoms with Crippen LogP contribution in [0.4, 0.5) is 0 Å². The monoisotopic (exact) mass is 519 g/mol. The minimum absolute atomic E-state index is 0.00805. The summed E-state index contributed by atoms with van der Waals surface area (Å²) in [6.07, 6.45) is 3.19. The minimum atomic E-state index is -1.07. The molecule has 6 nitrogen and oxygen atoms in total. The van der Waals surface area contributed by atoms with Crippen molar-refractivity contribution in [2.45, 2.75) is 63.5 Å². The first-order chi connectivity index (χ1) is 18.0. The number of carbonyl (C=O) groups is 2. The second-order valence-electron chi connectivity index (χ2n) is 9.65. The van der Waals surface area contributed by atoms with E-state index in [2.05, 4.69) is 0 Å². The Morgan fingerprint density at radius 1 is 0.973 bits per heavy atom. The van der Waals surface area contributed by atoms with Gasteiger partial charge in [0, 0.05) is 18.5 Å². The number of benzene rings is 3. The number of hydrogen-bond donors (Lipinski definition) is 1. The van der Waals surface area contributed by atoms with E-state index in [1.807, 2.05) is 66.7 Å². The van der Waals surface area contributed by atoms with E-state index >= 15 is 0 Å². The Hall–Kier alpha value is -3.35. The van der Waals surface area contributed by atoms with Gasteiger partial charge >= 0.3 is 5.97 Å². The van der Waals surface area contributed by atoms with Crippen molar-refractivity contribution in [1.82, 2.24) is 4.90 Å². The van der Waals surface area contributed by atoms with Crippen molar-refractivity contribution in [3.63, 3.8) is 0 Å². The molecule has 0 spiro atoms. The van der Waals surface area contributed by atoms with E-state index in [0.717, 1.165) is 47.9 Å². The van der Waals surface area contributed by atoms with Crippen molar-refractivity contribution in [3.8, 4) is 5.75 Å². The Balaban J connectivity index is 1.44. The standard InChI is InChI=1S/C30H30ClNO5/c31-25-16-15-22-18-32(29(33)27(21-11-5-2-6-12-21)37-23-13-7-8-14-23)26(30(34)35)17-24(22)28(25)36-19-20-9-3-1-4-10-20/h1-6,9-12,15-16,23,26-27H,7-8,13-14,17-19H2,(H,34,35)/t26-,27-/m0/s1. The Kier molecular flexibility index (Phi) is 7.77. The number of amides is 1. The summed E-state index contributed by atoms with van der Waals surface area (Å²) in [5, 5.41) is 10.6. The van der Waals surface area contributed by atoms with Crippen molar-refractivity contribution in [2.24, 2.45) is 0 Å². The summed E-state index contributed by atoms with van der Waals surface area (Å²) < 4.78 is 12.4. The van der Waals surface area contributed by atoms with Gasteiger partial charge in [0.2, 0.25) is 0 Å². The molecule has 2 atom stereocenters. The molecule has 1 saturated carbocycles. The van der Waals surface area contributed by atoms with Gasteiger partial charge in [0.15, 0.2) is 6.10 Å². The van der Waals surface area contributed by atoms with Crippen LogP contribution in [-0.2, 0) is 33.9 Å². The van der Waals surface area contributed by atoms with Gasteiger partial charge in [0.25, 0.3) is 5.91 Å². The van der Waals surface area contributed by atoms with Crippen LogP contribution in [0.5, 0.6) is 5.75 Å². The molecular formula is C30H30ClNO5. The van der Waals surface area contributed by atoms with E-state index in [4.69, 9.17) is 21.1 Å². The number of carboxylic acid groups (broad SMARTS) is 1. The second kappa shape index (κ2) is 11.4. The van der Waals surface area contributed by atoms with Crippen molar-refractivity contribution in [2.75, 3.05) is 0 Å². The lowest BCUT2D eigenvalue weighted by Gasteiger charge is -2.37. The third-order valence-electron chi connectivity index (χ3n) is 7.18. The molecule has 0 saturated heterocycles.